The summed E-state index contributed by atoms with van der Waals surface area (Å²) in [6.07, 6.45) is 4.90. The molecule has 1 unspecified atom stereocenters. The first kappa shape index (κ1) is 13.2. The van der Waals surface area contributed by atoms with Crippen LogP contribution in [0.4, 0.5) is 0 Å². The van der Waals surface area contributed by atoms with E-state index in [-0.39, 0.29) is 23.7 Å². The number of likely N-dealkylation sites (tertiary alicyclic amines) is 1. The monoisotopic (exact) mass is 225 g/mol. The van der Waals surface area contributed by atoms with Crippen LogP contribution in [0.15, 0.2) is 0 Å². The zero-order chi connectivity index (χ0) is 12.1. The topological polar surface area (TPSA) is 37.4 Å². The zero-order valence-corrected chi connectivity index (χ0v) is 10.7. The largest absolute Gasteiger partial charge is 0.339 e. The van der Waals surface area contributed by atoms with Gasteiger partial charge in [0.05, 0.1) is 0 Å². The number of hydrogen-bond donors (Lipinski definition) is 0. The Morgan fingerprint density at radius 3 is 2.50 bits per heavy atom. The summed E-state index contributed by atoms with van der Waals surface area (Å²) >= 11 is 0. The van der Waals surface area contributed by atoms with Crippen molar-refractivity contribution in [3.8, 4) is 0 Å². The standard InChI is InChI=1S/C13H23NO2/c1-10(2)13(16)14-8-6-4-5-7-12(14)9-11(3)15/h10,12H,4-9H2,1-3H3. The number of hydrogen-bond acceptors (Lipinski definition) is 2. The van der Waals surface area contributed by atoms with E-state index in [9.17, 15) is 9.59 Å². The van der Waals surface area contributed by atoms with Crippen LogP contribution in [-0.4, -0.2) is 29.2 Å². The molecule has 0 N–H and O–H groups in total. The van der Waals surface area contributed by atoms with E-state index >= 15 is 0 Å². The Labute approximate surface area is 98.2 Å². The van der Waals surface area contributed by atoms with Crippen LogP contribution in [0.2, 0.25) is 0 Å². The van der Waals surface area contributed by atoms with Crippen LogP contribution in [-0.2, 0) is 9.59 Å². The molecule has 0 aromatic heterocycles. The first-order valence-electron chi connectivity index (χ1n) is 6.32. The lowest BCUT2D eigenvalue weighted by molar-refractivity contribution is -0.137. The average molecular weight is 225 g/mol. The summed E-state index contributed by atoms with van der Waals surface area (Å²) in [7, 11) is 0. The number of carbonyl (C=O) groups is 2. The van der Waals surface area contributed by atoms with Crippen molar-refractivity contribution in [1.29, 1.82) is 0 Å². The van der Waals surface area contributed by atoms with Crippen molar-refractivity contribution in [2.24, 2.45) is 5.92 Å². The van der Waals surface area contributed by atoms with Crippen molar-refractivity contribution in [3.63, 3.8) is 0 Å². The van der Waals surface area contributed by atoms with E-state index in [2.05, 4.69) is 0 Å². The molecule has 1 saturated heterocycles. The molecule has 0 aromatic carbocycles. The van der Waals surface area contributed by atoms with Gasteiger partial charge in [-0.05, 0) is 19.8 Å². The van der Waals surface area contributed by atoms with E-state index in [0.717, 1.165) is 25.8 Å². The Balaban J connectivity index is 2.72. The molecule has 0 aliphatic carbocycles. The molecule has 1 heterocycles. The minimum atomic E-state index is 0.0348. The molecule has 1 aliphatic rings. The Morgan fingerprint density at radius 1 is 1.25 bits per heavy atom. The maximum absolute atomic E-state index is 12.1. The van der Waals surface area contributed by atoms with Gasteiger partial charge in [-0.2, -0.15) is 0 Å². The molecule has 0 bridgehead atoms. The third kappa shape index (κ3) is 3.62. The molecule has 0 radical (unpaired) electrons. The normalized spacial score (nSPS) is 22.0. The Morgan fingerprint density at radius 2 is 1.94 bits per heavy atom. The summed E-state index contributed by atoms with van der Waals surface area (Å²) in [5.74, 6) is 0.425. The lowest BCUT2D eigenvalue weighted by Gasteiger charge is -2.31. The first-order chi connectivity index (χ1) is 7.52. The van der Waals surface area contributed by atoms with Gasteiger partial charge in [0, 0.05) is 24.9 Å². The number of amides is 1. The molecular weight excluding hydrogens is 202 g/mol. The van der Waals surface area contributed by atoms with Crippen molar-refractivity contribution in [3.05, 3.63) is 0 Å². The molecule has 92 valence electrons. The van der Waals surface area contributed by atoms with Crippen LogP contribution in [0.25, 0.3) is 0 Å². The van der Waals surface area contributed by atoms with Gasteiger partial charge >= 0.3 is 0 Å². The summed E-state index contributed by atoms with van der Waals surface area (Å²) < 4.78 is 0. The van der Waals surface area contributed by atoms with Gasteiger partial charge in [0.2, 0.25) is 5.91 Å². The molecule has 1 rings (SSSR count). The minimum Gasteiger partial charge on any atom is -0.339 e. The van der Waals surface area contributed by atoms with Crippen LogP contribution < -0.4 is 0 Å². The third-order valence-corrected chi connectivity index (χ3v) is 3.18. The molecule has 1 atom stereocenters. The van der Waals surface area contributed by atoms with Gasteiger partial charge in [-0.25, -0.2) is 0 Å². The minimum absolute atomic E-state index is 0.0348. The first-order valence-corrected chi connectivity index (χ1v) is 6.32. The highest BCUT2D eigenvalue weighted by Crippen LogP contribution is 2.21. The summed E-state index contributed by atoms with van der Waals surface area (Å²) in [5.41, 5.74) is 0. The van der Waals surface area contributed by atoms with Crippen molar-refractivity contribution < 1.29 is 9.59 Å². The van der Waals surface area contributed by atoms with Crippen molar-refractivity contribution in [2.45, 2.75) is 58.9 Å². The van der Waals surface area contributed by atoms with Gasteiger partial charge < -0.3 is 4.90 Å². The van der Waals surface area contributed by atoms with Crippen molar-refractivity contribution in [1.82, 2.24) is 4.90 Å². The zero-order valence-electron chi connectivity index (χ0n) is 10.7. The van der Waals surface area contributed by atoms with E-state index < -0.39 is 0 Å². The van der Waals surface area contributed by atoms with E-state index in [1.807, 2.05) is 18.7 Å². The van der Waals surface area contributed by atoms with Crippen molar-refractivity contribution >= 4 is 11.7 Å². The van der Waals surface area contributed by atoms with Crippen LogP contribution in [0.5, 0.6) is 0 Å². The van der Waals surface area contributed by atoms with Crippen LogP contribution in [0, 0.1) is 5.92 Å². The van der Waals surface area contributed by atoms with Gasteiger partial charge in [0.1, 0.15) is 5.78 Å². The van der Waals surface area contributed by atoms with Crippen LogP contribution >= 0.6 is 0 Å². The molecule has 1 aliphatic heterocycles. The van der Waals surface area contributed by atoms with Gasteiger partial charge in [0.15, 0.2) is 0 Å². The fraction of sp³-hybridized carbons (Fsp3) is 0.846. The lowest BCUT2D eigenvalue weighted by Crippen LogP contribution is -2.43. The molecule has 0 spiro atoms. The predicted molar refractivity (Wildman–Crippen MR) is 64.1 cm³/mol. The van der Waals surface area contributed by atoms with Crippen LogP contribution in [0.1, 0.15) is 52.9 Å². The summed E-state index contributed by atoms with van der Waals surface area (Å²) in [4.78, 5) is 25.2. The van der Waals surface area contributed by atoms with Crippen molar-refractivity contribution in [2.75, 3.05) is 6.54 Å². The Bertz CT molecular complexity index is 261. The third-order valence-electron chi connectivity index (χ3n) is 3.18. The molecule has 3 nitrogen and oxygen atoms in total. The van der Waals surface area contributed by atoms with Gasteiger partial charge in [-0.1, -0.05) is 26.7 Å². The summed E-state index contributed by atoms with van der Waals surface area (Å²) in [5, 5.41) is 0. The number of rotatable bonds is 3. The number of ketones is 1. The molecule has 0 saturated carbocycles. The summed E-state index contributed by atoms with van der Waals surface area (Å²) in [6.45, 7) is 6.30. The number of carbonyl (C=O) groups excluding carboxylic acids is 2. The van der Waals surface area contributed by atoms with E-state index in [1.165, 1.54) is 6.42 Å². The molecule has 1 amide bonds. The molecule has 0 aromatic rings. The predicted octanol–water partition coefficient (Wildman–Crippen LogP) is 2.39. The van der Waals surface area contributed by atoms with Gasteiger partial charge in [-0.3, -0.25) is 9.59 Å². The SMILES string of the molecule is CC(=O)CC1CCCCCN1C(=O)C(C)C. The fourth-order valence-electron chi connectivity index (χ4n) is 2.34. The summed E-state index contributed by atoms with van der Waals surface area (Å²) in [6, 6.07) is 0.148. The highest BCUT2D eigenvalue weighted by atomic mass is 16.2. The van der Waals surface area contributed by atoms with Crippen LogP contribution in [0.3, 0.4) is 0 Å². The maximum atomic E-state index is 12.1. The lowest BCUT2D eigenvalue weighted by atomic mass is 10.0. The number of nitrogens with zero attached hydrogens (tertiary/aromatic N) is 1. The molecule has 16 heavy (non-hydrogen) atoms. The smallest absolute Gasteiger partial charge is 0.225 e. The molecular formula is C13H23NO2. The maximum Gasteiger partial charge on any atom is 0.225 e. The average Bonchev–Trinajstić information content (AvgIpc) is 2.41. The Hall–Kier alpha value is -0.860. The second-order valence-electron chi connectivity index (χ2n) is 5.10. The second-order valence-corrected chi connectivity index (χ2v) is 5.10. The van der Waals surface area contributed by atoms with E-state index in [0.29, 0.717) is 6.42 Å². The molecule has 1 fully saturated rings. The highest BCUT2D eigenvalue weighted by molar-refractivity contribution is 5.80. The van der Waals surface area contributed by atoms with E-state index in [1.54, 1.807) is 6.92 Å². The number of Topliss-reactive ketones (excluding diaryl/α,β-unsaturated/α-hetero) is 1. The second kappa shape index (κ2) is 6.02. The Kier molecular flexibility index (Phi) is 4.97. The highest BCUT2D eigenvalue weighted by Gasteiger charge is 2.27. The van der Waals surface area contributed by atoms with Gasteiger partial charge in [0.25, 0.3) is 0 Å². The quantitative estimate of drug-likeness (QED) is 0.739. The fourth-order valence-corrected chi connectivity index (χ4v) is 2.34. The van der Waals surface area contributed by atoms with E-state index in [4.69, 9.17) is 0 Å². The molecule has 3 heteroatoms. The van der Waals surface area contributed by atoms with Gasteiger partial charge in [-0.15, -0.1) is 0 Å².